The number of hydrogen-bond donors (Lipinski definition) is 1. The molecule has 0 aromatic heterocycles. The number of esters is 4. The predicted octanol–water partition coefficient (Wildman–Crippen LogP) is 2.27. The minimum Gasteiger partial charge on any atom is -0.463 e. The lowest BCUT2D eigenvalue weighted by Gasteiger charge is -2.40. The normalized spacial score (nSPS) is 28.0. The van der Waals surface area contributed by atoms with Crippen molar-refractivity contribution in [3.63, 3.8) is 0 Å². The van der Waals surface area contributed by atoms with Gasteiger partial charge in [-0.05, 0) is 18.3 Å². The van der Waals surface area contributed by atoms with Crippen LogP contribution in [0.1, 0.15) is 60.8 Å². The summed E-state index contributed by atoms with van der Waals surface area (Å²) in [4.78, 5) is 47.8. The van der Waals surface area contributed by atoms with E-state index in [0.29, 0.717) is 5.57 Å². The molecular weight excluding hydrogens is 448 g/mol. The Bertz CT molecular complexity index is 802. The van der Waals surface area contributed by atoms with Gasteiger partial charge in [0.05, 0.1) is 12.2 Å². The molecule has 10 nitrogen and oxygen atoms in total. The topological polar surface area (TPSA) is 135 Å². The van der Waals surface area contributed by atoms with Crippen LogP contribution in [0, 0.1) is 23.7 Å². The van der Waals surface area contributed by atoms with E-state index in [1.165, 1.54) is 20.1 Å². The van der Waals surface area contributed by atoms with Crippen LogP contribution in [-0.4, -0.2) is 60.2 Å². The summed E-state index contributed by atoms with van der Waals surface area (Å²) in [6.45, 7) is 9.30. The number of fused-ring (bicyclic) bond motifs is 1. The van der Waals surface area contributed by atoms with Crippen LogP contribution in [0.2, 0.25) is 0 Å². The van der Waals surface area contributed by atoms with Gasteiger partial charge in [0.1, 0.15) is 24.9 Å². The molecule has 0 aromatic carbocycles. The molecule has 1 N–H and O–H groups in total. The second-order valence-corrected chi connectivity index (χ2v) is 9.78. The third-order valence-electron chi connectivity index (χ3n) is 5.77. The molecule has 0 aromatic rings. The van der Waals surface area contributed by atoms with Crippen LogP contribution in [-0.2, 0) is 42.9 Å². The molecule has 34 heavy (non-hydrogen) atoms. The molecule has 2 aliphatic rings. The average Bonchev–Trinajstić information content (AvgIpc) is 2.97. The summed E-state index contributed by atoms with van der Waals surface area (Å²) in [6.07, 6.45) is -0.411. The SMILES string of the molecule is CC(=O)OC[C@@]1(O)C(OC(C)=O)CC2C(COC(=O)CC(C)C)=COC(OC(=O)CC(C)C)C21. The summed E-state index contributed by atoms with van der Waals surface area (Å²) in [5.74, 6) is -3.48. The maximum absolute atomic E-state index is 12.4. The first kappa shape index (κ1) is 27.6. The quantitative estimate of drug-likeness (QED) is 0.363. The van der Waals surface area contributed by atoms with Crippen molar-refractivity contribution < 1.29 is 48.0 Å². The van der Waals surface area contributed by atoms with E-state index in [1.807, 2.05) is 27.7 Å². The summed E-state index contributed by atoms with van der Waals surface area (Å²) >= 11 is 0. The first-order chi connectivity index (χ1) is 15.8. The van der Waals surface area contributed by atoms with Crippen LogP contribution in [0.5, 0.6) is 0 Å². The molecule has 0 bridgehead atoms. The molecule has 5 atom stereocenters. The van der Waals surface area contributed by atoms with Crippen molar-refractivity contribution >= 4 is 23.9 Å². The van der Waals surface area contributed by atoms with Gasteiger partial charge in [-0.25, -0.2) is 0 Å². The van der Waals surface area contributed by atoms with Crippen molar-refractivity contribution in [2.75, 3.05) is 13.2 Å². The zero-order valence-corrected chi connectivity index (χ0v) is 20.7. The highest BCUT2D eigenvalue weighted by Crippen LogP contribution is 2.50. The Morgan fingerprint density at radius 2 is 1.62 bits per heavy atom. The van der Waals surface area contributed by atoms with Gasteiger partial charge in [-0.2, -0.15) is 0 Å². The Balaban J connectivity index is 2.36. The zero-order chi connectivity index (χ0) is 25.6. The van der Waals surface area contributed by atoms with Crippen molar-refractivity contribution in [1.29, 1.82) is 0 Å². The molecule has 192 valence electrons. The van der Waals surface area contributed by atoms with E-state index in [9.17, 15) is 24.3 Å². The molecule has 1 heterocycles. The van der Waals surface area contributed by atoms with Gasteiger partial charge in [0, 0.05) is 38.2 Å². The predicted molar refractivity (Wildman–Crippen MR) is 118 cm³/mol. The molecule has 1 saturated carbocycles. The van der Waals surface area contributed by atoms with E-state index in [-0.39, 0.29) is 43.7 Å². The number of rotatable bonds is 10. The molecular formula is C24H36O10. The van der Waals surface area contributed by atoms with Crippen molar-refractivity contribution in [3.8, 4) is 0 Å². The largest absolute Gasteiger partial charge is 0.463 e. The first-order valence-electron chi connectivity index (χ1n) is 11.6. The van der Waals surface area contributed by atoms with Crippen molar-refractivity contribution in [1.82, 2.24) is 0 Å². The van der Waals surface area contributed by atoms with E-state index >= 15 is 0 Å². The number of carbonyl (C=O) groups excluding carboxylic acids is 4. The van der Waals surface area contributed by atoms with Crippen LogP contribution < -0.4 is 0 Å². The van der Waals surface area contributed by atoms with Gasteiger partial charge >= 0.3 is 23.9 Å². The van der Waals surface area contributed by atoms with Crippen molar-refractivity contribution in [2.24, 2.45) is 23.7 Å². The average molecular weight is 485 g/mol. The Morgan fingerprint density at radius 1 is 1.00 bits per heavy atom. The maximum atomic E-state index is 12.4. The smallest absolute Gasteiger partial charge is 0.309 e. The number of ether oxygens (including phenoxy) is 5. The van der Waals surface area contributed by atoms with E-state index in [0.717, 1.165) is 0 Å². The van der Waals surface area contributed by atoms with Crippen LogP contribution in [0.15, 0.2) is 11.8 Å². The monoisotopic (exact) mass is 484 g/mol. The number of carbonyl (C=O) groups is 4. The van der Waals surface area contributed by atoms with Gasteiger partial charge in [-0.3, -0.25) is 19.2 Å². The van der Waals surface area contributed by atoms with Gasteiger partial charge < -0.3 is 28.8 Å². The van der Waals surface area contributed by atoms with E-state index in [4.69, 9.17) is 23.7 Å². The second kappa shape index (κ2) is 11.7. The molecule has 4 unspecified atom stereocenters. The lowest BCUT2D eigenvalue weighted by Crippen LogP contribution is -2.55. The Kier molecular flexibility index (Phi) is 9.49. The third-order valence-corrected chi connectivity index (χ3v) is 5.77. The second-order valence-electron chi connectivity index (χ2n) is 9.78. The Hall–Kier alpha value is -2.62. The highest BCUT2D eigenvalue weighted by Gasteiger charge is 2.63. The van der Waals surface area contributed by atoms with E-state index in [1.54, 1.807) is 0 Å². The fraction of sp³-hybridized carbons (Fsp3) is 0.750. The number of hydrogen-bond acceptors (Lipinski definition) is 10. The summed E-state index contributed by atoms with van der Waals surface area (Å²) < 4.78 is 27.1. The van der Waals surface area contributed by atoms with Crippen LogP contribution >= 0.6 is 0 Å². The van der Waals surface area contributed by atoms with E-state index in [2.05, 4.69) is 0 Å². The van der Waals surface area contributed by atoms with Crippen molar-refractivity contribution in [2.45, 2.75) is 78.8 Å². The van der Waals surface area contributed by atoms with E-state index < -0.39 is 54.3 Å². The minimum atomic E-state index is -1.90. The molecule has 1 aliphatic heterocycles. The lowest BCUT2D eigenvalue weighted by molar-refractivity contribution is -0.225. The maximum Gasteiger partial charge on any atom is 0.309 e. The summed E-state index contributed by atoms with van der Waals surface area (Å²) in [5, 5.41) is 11.7. The summed E-state index contributed by atoms with van der Waals surface area (Å²) in [6, 6.07) is 0. The highest BCUT2D eigenvalue weighted by atomic mass is 16.7. The Labute approximate surface area is 199 Å². The molecule has 2 rings (SSSR count). The van der Waals surface area contributed by atoms with Gasteiger partial charge in [0.25, 0.3) is 0 Å². The van der Waals surface area contributed by atoms with Gasteiger partial charge in [0.15, 0.2) is 0 Å². The standard InChI is InChI=1S/C24H36O10/c1-13(2)7-20(27)30-10-17-11-31-23(34-21(28)8-14(3)4)22-18(17)9-19(33-16(6)26)24(22,29)12-32-15(5)25/h11,13-14,18-19,22-23,29H,7-10,12H2,1-6H3/t18?,19?,22?,23?,24-/m1/s1. The van der Waals surface area contributed by atoms with Gasteiger partial charge in [-0.15, -0.1) is 0 Å². The molecule has 0 saturated heterocycles. The minimum absolute atomic E-state index is 0.0377. The van der Waals surface area contributed by atoms with Crippen LogP contribution in [0.4, 0.5) is 0 Å². The zero-order valence-electron chi connectivity index (χ0n) is 20.7. The molecule has 1 aliphatic carbocycles. The molecule has 10 heteroatoms. The van der Waals surface area contributed by atoms with Crippen LogP contribution in [0.25, 0.3) is 0 Å². The summed E-state index contributed by atoms with van der Waals surface area (Å²) in [7, 11) is 0. The third kappa shape index (κ3) is 7.19. The molecule has 1 fully saturated rings. The summed E-state index contributed by atoms with van der Waals surface area (Å²) in [5.41, 5.74) is -1.36. The fourth-order valence-corrected chi connectivity index (χ4v) is 4.34. The highest BCUT2D eigenvalue weighted by molar-refractivity contribution is 5.70. The van der Waals surface area contributed by atoms with Crippen LogP contribution in [0.3, 0.4) is 0 Å². The Morgan fingerprint density at radius 3 is 2.18 bits per heavy atom. The fourth-order valence-electron chi connectivity index (χ4n) is 4.34. The van der Waals surface area contributed by atoms with Gasteiger partial charge in [-0.1, -0.05) is 27.7 Å². The number of aliphatic hydroxyl groups is 1. The van der Waals surface area contributed by atoms with Crippen molar-refractivity contribution in [3.05, 3.63) is 11.8 Å². The molecule has 0 spiro atoms. The molecule has 0 radical (unpaired) electrons. The molecule has 0 amide bonds. The lowest BCUT2D eigenvalue weighted by atomic mass is 9.80. The first-order valence-corrected chi connectivity index (χ1v) is 11.6. The van der Waals surface area contributed by atoms with Gasteiger partial charge in [0.2, 0.25) is 6.29 Å².